The third-order valence-electron chi connectivity index (χ3n) is 4.55. The van der Waals surface area contributed by atoms with Crippen LogP contribution in [0.15, 0.2) is 30.3 Å². The summed E-state index contributed by atoms with van der Waals surface area (Å²) >= 11 is 0. The first kappa shape index (κ1) is 15.0. The van der Waals surface area contributed by atoms with Gasteiger partial charge >= 0.3 is 5.97 Å². The third kappa shape index (κ3) is 3.83. The zero-order chi connectivity index (χ0) is 14.5. The van der Waals surface area contributed by atoms with Crippen LogP contribution in [0, 0.1) is 11.8 Å². The highest BCUT2D eigenvalue weighted by atomic mass is 16.5. The molecule has 4 unspecified atom stereocenters. The average molecular weight is 276 g/mol. The molecule has 0 radical (unpaired) electrons. The minimum atomic E-state index is -0.812. The molecule has 0 saturated heterocycles. The Morgan fingerprint density at radius 3 is 2.55 bits per heavy atom. The highest BCUT2D eigenvalue weighted by molar-refractivity contribution is 5.76. The van der Waals surface area contributed by atoms with E-state index in [0.717, 1.165) is 24.3 Å². The molecular weight excluding hydrogens is 252 g/mol. The molecule has 0 aromatic heterocycles. The first-order valence-corrected chi connectivity index (χ1v) is 7.47. The van der Waals surface area contributed by atoms with Gasteiger partial charge in [-0.2, -0.15) is 0 Å². The Kier molecular flexibility index (Phi) is 5.18. The maximum atomic E-state index is 11.4. The number of carboxylic acids is 1. The van der Waals surface area contributed by atoms with E-state index < -0.39 is 11.9 Å². The number of ether oxygens (including phenoxy) is 1. The van der Waals surface area contributed by atoms with Crippen LogP contribution in [0.3, 0.4) is 0 Å². The van der Waals surface area contributed by atoms with Crippen molar-refractivity contribution in [1.29, 1.82) is 0 Å². The van der Waals surface area contributed by atoms with Crippen LogP contribution in [0.1, 0.15) is 44.6 Å². The van der Waals surface area contributed by atoms with Gasteiger partial charge in [0, 0.05) is 0 Å². The second kappa shape index (κ2) is 6.89. The van der Waals surface area contributed by atoms with E-state index in [1.54, 1.807) is 0 Å². The Labute approximate surface area is 121 Å². The van der Waals surface area contributed by atoms with E-state index >= 15 is 0 Å². The Morgan fingerprint density at radius 2 is 1.95 bits per heavy atom. The number of hydrogen-bond acceptors (Lipinski definition) is 2. The Morgan fingerprint density at radius 1 is 1.25 bits per heavy atom. The van der Waals surface area contributed by atoms with E-state index in [-0.39, 0.29) is 12.7 Å². The molecule has 3 heteroatoms. The van der Waals surface area contributed by atoms with E-state index in [1.165, 1.54) is 6.42 Å². The van der Waals surface area contributed by atoms with Crippen LogP contribution >= 0.6 is 0 Å². The van der Waals surface area contributed by atoms with Gasteiger partial charge in [-0.1, -0.05) is 44.2 Å². The molecule has 1 saturated carbocycles. The summed E-state index contributed by atoms with van der Waals surface area (Å²) in [6.45, 7) is 4.81. The molecule has 4 atom stereocenters. The lowest BCUT2D eigenvalue weighted by Gasteiger charge is -2.32. The summed E-state index contributed by atoms with van der Waals surface area (Å²) in [5.41, 5.74) is 0.817. The number of carbonyl (C=O) groups is 1. The van der Waals surface area contributed by atoms with Gasteiger partial charge in [0.1, 0.15) is 5.92 Å². The van der Waals surface area contributed by atoms with E-state index in [4.69, 9.17) is 4.74 Å². The molecule has 1 aromatic rings. The molecule has 2 rings (SSSR count). The van der Waals surface area contributed by atoms with Gasteiger partial charge in [0.25, 0.3) is 0 Å². The largest absolute Gasteiger partial charge is 0.481 e. The van der Waals surface area contributed by atoms with E-state index in [2.05, 4.69) is 13.8 Å². The van der Waals surface area contributed by atoms with Gasteiger partial charge in [0.2, 0.25) is 0 Å². The summed E-state index contributed by atoms with van der Waals surface area (Å²) in [4.78, 5) is 11.4. The number of benzene rings is 1. The van der Waals surface area contributed by atoms with Crippen LogP contribution in [-0.2, 0) is 9.53 Å². The lowest BCUT2D eigenvalue weighted by Crippen LogP contribution is -2.29. The van der Waals surface area contributed by atoms with Crippen LogP contribution in [-0.4, -0.2) is 23.8 Å². The first-order valence-electron chi connectivity index (χ1n) is 7.47. The lowest BCUT2D eigenvalue weighted by molar-refractivity contribution is -0.141. The molecule has 0 aliphatic heterocycles. The molecule has 110 valence electrons. The van der Waals surface area contributed by atoms with Crippen LogP contribution in [0.5, 0.6) is 0 Å². The van der Waals surface area contributed by atoms with Gasteiger partial charge in [-0.15, -0.1) is 0 Å². The molecule has 1 aliphatic carbocycles. The normalized spacial score (nSPS) is 28.0. The maximum absolute atomic E-state index is 11.4. The number of carboxylic acid groups (broad SMARTS) is 1. The van der Waals surface area contributed by atoms with Crippen molar-refractivity contribution in [1.82, 2.24) is 0 Å². The number of hydrogen-bond donors (Lipinski definition) is 1. The van der Waals surface area contributed by atoms with Crippen molar-refractivity contribution in [3.05, 3.63) is 35.9 Å². The van der Waals surface area contributed by atoms with Crippen LogP contribution in [0.4, 0.5) is 0 Å². The molecule has 1 aliphatic rings. The van der Waals surface area contributed by atoms with Crippen LogP contribution < -0.4 is 0 Å². The fourth-order valence-corrected chi connectivity index (χ4v) is 2.88. The molecule has 1 fully saturated rings. The summed E-state index contributed by atoms with van der Waals surface area (Å²) in [7, 11) is 0. The summed E-state index contributed by atoms with van der Waals surface area (Å²) < 4.78 is 5.90. The standard InChI is InChI=1S/C17H24O3/c1-12-8-9-15(10-13(12)2)20-11-16(17(18)19)14-6-4-3-5-7-14/h3-7,12-13,15-16H,8-11H2,1-2H3,(H,18,19). The molecular formula is C17H24O3. The molecule has 1 N–H and O–H groups in total. The van der Waals surface area contributed by atoms with Gasteiger partial charge in [0.15, 0.2) is 0 Å². The maximum Gasteiger partial charge on any atom is 0.313 e. The summed E-state index contributed by atoms with van der Waals surface area (Å²) in [5.74, 6) is 0.0345. The minimum absolute atomic E-state index is 0.215. The monoisotopic (exact) mass is 276 g/mol. The Hall–Kier alpha value is -1.35. The summed E-state index contributed by atoms with van der Waals surface area (Å²) in [6.07, 6.45) is 3.48. The molecule has 3 nitrogen and oxygen atoms in total. The van der Waals surface area contributed by atoms with Crippen molar-refractivity contribution in [3.8, 4) is 0 Å². The Balaban J connectivity index is 1.92. The number of aliphatic carboxylic acids is 1. The quantitative estimate of drug-likeness (QED) is 0.892. The molecule has 0 spiro atoms. The highest BCUT2D eigenvalue weighted by Gasteiger charge is 2.27. The van der Waals surface area contributed by atoms with Gasteiger partial charge in [-0.3, -0.25) is 4.79 Å². The van der Waals surface area contributed by atoms with Gasteiger partial charge in [-0.05, 0) is 36.7 Å². The second-order valence-electron chi connectivity index (χ2n) is 6.02. The summed E-state index contributed by atoms with van der Waals surface area (Å²) in [5, 5.41) is 9.37. The van der Waals surface area contributed by atoms with Crippen molar-refractivity contribution in [2.45, 2.75) is 45.1 Å². The predicted molar refractivity (Wildman–Crippen MR) is 78.7 cm³/mol. The summed E-state index contributed by atoms with van der Waals surface area (Å²) in [6, 6.07) is 9.35. The van der Waals surface area contributed by atoms with Crippen LogP contribution in [0.2, 0.25) is 0 Å². The SMILES string of the molecule is CC1CCC(OCC(C(=O)O)c2ccccc2)CC1C. The predicted octanol–water partition coefficient (Wildman–Crippen LogP) is 3.70. The molecule has 20 heavy (non-hydrogen) atoms. The fourth-order valence-electron chi connectivity index (χ4n) is 2.88. The van der Waals surface area contributed by atoms with Gasteiger partial charge in [0.05, 0.1) is 12.7 Å². The van der Waals surface area contributed by atoms with Crippen molar-refractivity contribution in [3.63, 3.8) is 0 Å². The van der Waals surface area contributed by atoms with Crippen molar-refractivity contribution in [2.75, 3.05) is 6.61 Å². The average Bonchev–Trinajstić information content (AvgIpc) is 2.44. The minimum Gasteiger partial charge on any atom is -0.481 e. The number of rotatable bonds is 5. The van der Waals surface area contributed by atoms with Crippen molar-refractivity contribution >= 4 is 5.97 Å². The lowest BCUT2D eigenvalue weighted by atomic mass is 9.80. The topological polar surface area (TPSA) is 46.5 Å². The van der Waals surface area contributed by atoms with E-state index in [9.17, 15) is 9.90 Å². The van der Waals surface area contributed by atoms with E-state index in [0.29, 0.717) is 5.92 Å². The first-order chi connectivity index (χ1) is 9.58. The smallest absolute Gasteiger partial charge is 0.313 e. The fraction of sp³-hybridized carbons (Fsp3) is 0.588. The van der Waals surface area contributed by atoms with Gasteiger partial charge in [-0.25, -0.2) is 0 Å². The molecule has 0 amide bonds. The van der Waals surface area contributed by atoms with Crippen molar-refractivity contribution < 1.29 is 14.6 Å². The van der Waals surface area contributed by atoms with Crippen LogP contribution in [0.25, 0.3) is 0 Å². The molecule has 0 bridgehead atoms. The third-order valence-corrected chi connectivity index (χ3v) is 4.55. The molecule has 1 aromatic carbocycles. The highest BCUT2D eigenvalue weighted by Crippen LogP contribution is 2.31. The Bertz CT molecular complexity index is 429. The zero-order valence-corrected chi connectivity index (χ0v) is 12.3. The van der Waals surface area contributed by atoms with E-state index in [1.807, 2.05) is 30.3 Å². The second-order valence-corrected chi connectivity index (χ2v) is 6.02. The van der Waals surface area contributed by atoms with Crippen molar-refractivity contribution in [2.24, 2.45) is 11.8 Å². The zero-order valence-electron chi connectivity index (χ0n) is 12.3. The molecule has 0 heterocycles. The van der Waals surface area contributed by atoms with Gasteiger partial charge < -0.3 is 9.84 Å².